The molecule has 0 spiro atoms. The number of thiazole rings is 1. The fraction of sp³-hybridized carbons (Fsp3) is 0.0556. The molecular formula is C18H14FN3O2S. The van der Waals surface area contributed by atoms with E-state index in [1.165, 1.54) is 29.5 Å². The normalized spacial score (nSPS) is 10.3. The van der Waals surface area contributed by atoms with Gasteiger partial charge in [-0.15, -0.1) is 11.3 Å². The molecule has 0 aliphatic heterocycles. The van der Waals surface area contributed by atoms with E-state index in [1.807, 2.05) is 17.5 Å². The molecule has 0 atom stereocenters. The van der Waals surface area contributed by atoms with Crippen molar-refractivity contribution < 1.29 is 14.0 Å². The lowest BCUT2D eigenvalue weighted by molar-refractivity contribution is -0.115. The molecule has 0 saturated carbocycles. The minimum absolute atomic E-state index is 0.0944. The maximum Gasteiger partial charge on any atom is 0.254 e. The standard InChI is InChI=1S/C18H14FN3O2S/c19-15-4-2-1-3-14(15)17(24)21-11-16(23)22-13-7-5-12(6-8-13)18-20-9-10-25-18/h1-10H,11H2,(H,21,24)(H,22,23). The van der Waals surface area contributed by atoms with Crippen molar-refractivity contribution in [3.63, 3.8) is 0 Å². The summed E-state index contributed by atoms with van der Waals surface area (Å²) in [6.07, 6.45) is 1.73. The molecule has 0 aliphatic carbocycles. The number of rotatable bonds is 5. The van der Waals surface area contributed by atoms with Gasteiger partial charge in [-0.25, -0.2) is 9.37 Å². The van der Waals surface area contributed by atoms with Crippen LogP contribution in [0.3, 0.4) is 0 Å². The maximum absolute atomic E-state index is 13.5. The molecule has 0 aliphatic rings. The van der Waals surface area contributed by atoms with E-state index in [4.69, 9.17) is 0 Å². The summed E-state index contributed by atoms with van der Waals surface area (Å²) in [6.45, 7) is -0.249. The van der Waals surface area contributed by atoms with Crippen LogP contribution in [-0.2, 0) is 4.79 Å². The largest absolute Gasteiger partial charge is 0.343 e. The molecule has 0 saturated heterocycles. The number of anilines is 1. The van der Waals surface area contributed by atoms with E-state index in [0.717, 1.165) is 10.6 Å². The van der Waals surface area contributed by atoms with Gasteiger partial charge in [0.2, 0.25) is 5.91 Å². The van der Waals surface area contributed by atoms with Gasteiger partial charge < -0.3 is 10.6 Å². The highest BCUT2D eigenvalue weighted by atomic mass is 32.1. The summed E-state index contributed by atoms with van der Waals surface area (Å²) in [4.78, 5) is 28.0. The van der Waals surface area contributed by atoms with Crippen molar-refractivity contribution in [2.75, 3.05) is 11.9 Å². The average molecular weight is 355 g/mol. The Morgan fingerprint density at radius 1 is 1.08 bits per heavy atom. The summed E-state index contributed by atoms with van der Waals surface area (Å²) in [7, 11) is 0. The van der Waals surface area contributed by atoms with Gasteiger partial charge in [-0.2, -0.15) is 0 Å². The van der Waals surface area contributed by atoms with E-state index >= 15 is 0 Å². The summed E-state index contributed by atoms with van der Waals surface area (Å²) < 4.78 is 13.5. The minimum Gasteiger partial charge on any atom is -0.343 e. The molecule has 2 aromatic carbocycles. The van der Waals surface area contributed by atoms with Crippen LogP contribution in [0, 0.1) is 5.82 Å². The number of nitrogens with zero attached hydrogens (tertiary/aromatic N) is 1. The van der Waals surface area contributed by atoms with Gasteiger partial charge in [0.1, 0.15) is 10.8 Å². The number of carbonyl (C=O) groups is 2. The number of hydrogen-bond acceptors (Lipinski definition) is 4. The molecule has 0 unspecified atom stereocenters. The highest BCUT2D eigenvalue weighted by Gasteiger charge is 2.12. The van der Waals surface area contributed by atoms with Gasteiger partial charge in [0.25, 0.3) is 5.91 Å². The van der Waals surface area contributed by atoms with Crippen LogP contribution < -0.4 is 10.6 Å². The first-order chi connectivity index (χ1) is 12.1. The maximum atomic E-state index is 13.5. The van der Waals surface area contributed by atoms with Crippen molar-refractivity contribution in [2.45, 2.75) is 0 Å². The molecular weight excluding hydrogens is 341 g/mol. The summed E-state index contributed by atoms with van der Waals surface area (Å²) in [5.41, 5.74) is 1.47. The Morgan fingerprint density at radius 3 is 2.52 bits per heavy atom. The zero-order valence-electron chi connectivity index (χ0n) is 13.0. The highest BCUT2D eigenvalue weighted by Crippen LogP contribution is 2.23. The topological polar surface area (TPSA) is 71.1 Å². The van der Waals surface area contributed by atoms with Crippen LogP contribution >= 0.6 is 11.3 Å². The molecule has 2 N–H and O–H groups in total. The Balaban J connectivity index is 1.54. The van der Waals surface area contributed by atoms with Crippen LogP contribution in [0.15, 0.2) is 60.1 Å². The van der Waals surface area contributed by atoms with Crippen molar-refractivity contribution in [1.82, 2.24) is 10.3 Å². The first kappa shape index (κ1) is 16.8. The average Bonchev–Trinajstić information content (AvgIpc) is 3.15. The van der Waals surface area contributed by atoms with Gasteiger partial charge in [0.15, 0.2) is 0 Å². The van der Waals surface area contributed by atoms with E-state index in [0.29, 0.717) is 5.69 Å². The Bertz CT molecular complexity index is 880. The zero-order chi connectivity index (χ0) is 17.6. The predicted octanol–water partition coefficient (Wildman–Crippen LogP) is 3.32. The third kappa shape index (κ3) is 4.27. The number of halogens is 1. The fourth-order valence-corrected chi connectivity index (χ4v) is 2.81. The Labute approximate surface area is 147 Å². The van der Waals surface area contributed by atoms with Gasteiger partial charge in [-0.1, -0.05) is 12.1 Å². The van der Waals surface area contributed by atoms with Gasteiger partial charge in [-0.05, 0) is 36.4 Å². The van der Waals surface area contributed by atoms with E-state index in [2.05, 4.69) is 15.6 Å². The number of carbonyl (C=O) groups excluding carboxylic acids is 2. The van der Waals surface area contributed by atoms with Crippen molar-refractivity contribution in [3.8, 4) is 10.6 Å². The van der Waals surface area contributed by atoms with E-state index in [-0.39, 0.29) is 12.1 Å². The van der Waals surface area contributed by atoms with E-state index < -0.39 is 17.6 Å². The predicted molar refractivity (Wildman–Crippen MR) is 94.9 cm³/mol. The second-order valence-electron chi connectivity index (χ2n) is 5.13. The number of amides is 2. The number of hydrogen-bond donors (Lipinski definition) is 2. The molecule has 3 rings (SSSR count). The Kier molecular flexibility index (Phi) is 5.15. The van der Waals surface area contributed by atoms with Crippen molar-refractivity contribution >= 4 is 28.8 Å². The summed E-state index contributed by atoms with van der Waals surface area (Å²) >= 11 is 1.53. The lowest BCUT2D eigenvalue weighted by Gasteiger charge is -2.08. The lowest BCUT2D eigenvalue weighted by atomic mass is 10.2. The third-order valence-electron chi connectivity index (χ3n) is 3.38. The van der Waals surface area contributed by atoms with Gasteiger partial charge >= 0.3 is 0 Å². The van der Waals surface area contributed by atoms with Gasteiger partial charge in [-0.3, -0.25) is 9.59 Å². The number of aromatic nitrogens is 1. The number of benzene rings is 2. The van der Waals surface area contributed by atoms with Crippen molar-refractivity contribution in [1.29, 1.82) is 0 Å². The quantitative estimate of drug-likeness (QED) is 0.738. The molecule has 126 valence electrons. The zero-order valence-corrected chi connectivity index (χ0v) is 13.8. The highest BCUT2D eigenvalue weighted by molar-refractivity contribution is 7.13. The minimum atomic E-state index is -0.632. The molecule has 2 amide bonds. The van der Waals surface area contributed by atoms with Crippen LogP contribution in [0.2, 0.25) is 0 Å². The summed E-state index contributed by atoms with van der Waals surface area (Å²) in [5, 5.41) is 7.86. The van der Waals surface area contributed by atoms with Crippen LogP contribution in [-0.4, -0.2) is 23.3 Å². The second-order valence-corrected chi connectivity index (χ2v) is 6.02. The molecule has 5 nitrogen and oxygen atoms in total. The molecule has 0 radical (unpaired) electrons. The first-order valence-electron chi connectivity index (χ1n) is 7.46. The summed E-state index contributed by atoms with van der Waals surface area (Å²) in [5.74, 6) is -1.66. The second kappa shape index (κ2) is 7.67. The number of nitrogens with one attached hydrogen (secondary N) is 2. The van der Waals surface area contributed by atoms with Crippen LogP contribution in [0.5, 0.6) is 0 Å². The van der Waals surface area contributed by atoms with Crippen LogP contribution in [0.25, 0.3) is 10.6 Å². The molecule has 3 aromatic rings. The first-order valence-corrected chi connectivity index (χ1v) is 8.34. The summed E-state index contributed by atoms with van der Waals surface area (Å²) in [6, 6.07) is 12.8. The van der Waals surface area contributed by atoms with Gasteiger partial charge in [0, 0.05) is 22.8 Å². The van der Waals surface area contributed by atoms with Gasteiger partial charge in [0.05, 0.1) is 12.1 Å². The fourth-order valence-electron chi connectivity index (χ4n) is 2.17. The van der Waals surface area contributed by atoms with Crippen molar-refractivity contribution in [3.05, 3.63) is 71.5 Å². The smallest absolute Gasteiger partial charge is 0.254 e. The monoisotopic (exact) mass is 355 g/mol. The molecule has 1 aromatic heterocycles. The van der Waals surface area contributed by atoms with Crippen LogP contribution in [0.1, 0.15) is 10.4 Å². The lowest BCUT2D eigenvalue weighted by Crippen LogP contribution is -2.33. The van der Waals surface area contributed by atoms with Crippen molar-refractivity contribution in [2.24, 2.45) is 0 Å². The molecule has 0 bridgehead atoms. The van der Waals surface area contributed by atoms with Crippen LogP contribution in [0.4, 0.5) is 10.1 Å². The van der Waals surface area contributed by atoms with E-state index in [1.54, 1.807) is 24.4 Å². The third-order valence-corrected chi connectivity index (χ3v) is 4.20. The van der Waals surface area contributed by atoms with E-state index in [9.17, 15) is 14.0 Å². The molecule has 0 fully saturated rings. The molecule has 25 heavy (non-hydrogen) atoms. The SMILES string of the molecule is O=C(CNC(=O)c1ccccc1F)Nc1ccc(-c2nccs2)cc1. The molecule has 1 heterocycles. The molecule has 7 heteroatoms. The Hall–Kier alpha value is -3.06. The Morgan fingerprint density at radius 2 is 1.84 bits per heavy atom.